The maximum atomic E-state index is 5.55. The highest BCUT2D eigenvalue weighted by Gasteiger charge is 2.03. The Morgan fingerprint density at radius 2 is 2.31 bits per heavy atom. The van der Waals surface area contributed by atoms with Crippen LogP contribution >= 0.6 is 27.3 Å². The van der Waals surface area contributed by atoms with Gasteiger partial charge in [0.2, 0.25) is 0 Å². The predicted molar refractivity (Wildman–Crippen MR) is 58.1 cm³/mol. The minimum atomic E-state index is 0.158. The molecule has 74 valence electrons. The fourth-order valence-electron chi connectivity index (χ4n) is 0.937. The van der Waals surface area contributed by atoms with Crippen molar-refractivity contribution < 1.29 is 9.47 Å². The number of rotatable bonds is 5. The molecule has 0 radical (unpaired) electrons. The third kappa shape index (κ3) is 4.22. The average Bonchev–Trinajstić information content (AvgIpc) is 2.49. The van der Waals surface area contributed by atoms with Crippen LogP contribution < -0.4 is 0 Å². The van der Waals surface area contributed by atoms with Crippen molar-refractivity contribution in [1.82, 2.24) is 0 Å². The van der Waals surface area contributed by atoms with E-state index >= 15 is 0 Å². The van der Waals surface area contributed by atoms with Gasteiger partial charge < -0.3 is 9.47 Å². The molecule has 0 saturated carbocycles. The second-order valence-corrected chi connectivity index (χ2v) is 5.33. The molecule has 0 bridgehead atoms. The first kappa shape index (κ1) is 11.2. The molecule has 1 aromatic heterocycles. The molecular formula is C9H13BrO2S. The molecule has 0 aliphatic heterocycles. The zero-order chi connectivity index (χ0) is 9.68. The molecule has 1 rings (SSSR count). The van der Waals surface area contributed by atoms with Gasteiger partial charge in [-0.3, -0.25) is 0 Å². The second-order valence-electron chi connectivity index (χ2n) is 2.78. The van der Waals surface area contributed by atoms with E-state index in [-0.39, 0.29) is 6.10 Å². The van der Waals surface area contributed by atoms with E-state index in [0.29, 0.717) is 13.2 Å². The number of halogens is 1. The lowest BCUT2D eigenvalue weighted by molar-refractivity contribution is 0.000928. The lowest BCUT2D eigenvalue weighted by atomic mass is 10.4. The van der Waals surface area contributed by atoms with Gasteiger partial charge in [0.25, 0.3) is 0 Å². The molecule has 0 amide bonds. The molecule has 0 N–H and O–H groups in total. The number of hydrogen-bond donors (Lipinski definition) is 0. The molecule has 2 nitrogen and oxygen atoms in total. The number of ether oxygens (including phenoxy) is 2. The number of methoxy groups -OCH3 is 1. The molecule has 1 heterocycles. The summed E-state index contributed by atoms with van der Waals surface area (Å²) in [5.41, 5.74) is 0. The van der Waals surface area contributed by atoms with Crippen molar-refractivity contribution in [2.24, 2.45) is 0 Å². The van der Waals surface area contributed by atoms with Gasteiger partial charge in [-0.15, -0.1) is 11.3 Å². The molecule has 0 aromatic carbocycles. The maximum absolute atomic E-state index is 5.55. The van der Waals surface area contributed by atoms with Crippen LogP contribution in [0.25, 0.3) is 0 Å². The van der Waals surface area contributed by atoms with Gasteiger partial charge in [0.15, 0.2) is 0 Å². The minimum absolute atomic E-state index is 0.158. The summed E-state index contributed by atoms with van der Waals surface area (Å²) in [7, 11) is 1.68. The van der Waals surface area contributed by atoms with Crippen molar-refractivity contribution in [3.63, 3.8) is 0 Å². The van der Waals surface area contributed by atoms with Crippen LogP contribution in [-0.4, -0.2) is 19.8 Å². The summed E-state index contributed by atoms with van der Waals surface area (Å²) in [4.78, 5) is 1.23. The highest BCUT2D eigenvalue weighted by molar-refractivity contribution is 9.11. The van der Waals surface area contributed by atoms with E-state index in [1.54, 1.807) is 18.4 Å². The van der Waals surface area contributed by atoms with Gasteiger partial charge in [0.1, 0.15) is 0 Å². The van der Waals surface area contributed by atoms with Crippen molar-refractivity contribution in [2.45, 2.75) is 19.6 Å². The van der Waals surface area contributed by atoms with Gasteiger partial charge in [-0.05, 0) is 35.0 Å². The largest absolute Gasteiger partial charge is 0.382 e. The van der Waals surface area contributed by atoms with Crippen LogP contribution in [0.2, 0.25) is 0 Å². The van der Waals surface area contributed by atoms with E-state index in [0.717, 1.165) is 3.79 Å². The lowest BCUT2D eigenvalue weighted by Crippen LogP contribution is -2.13. The zero-order valence-electron chi connectivity index (χ0n) is 7.75. The summed E-state index contributed by atoms with van der Waals surface area (Å²) in [6.45, 7) is 3.32. The Bertz CT molecular complexity index is 250. The summed E-state index contributed by atoms with van der Waals surface area (Å²) in [5, 5.41) is 0. The summed E-state index contributed by atoms with van der Waals surface area (Å²) in [6.07, 6.45) is 0.158. The van der Waals surface area contributed by atoms with Crippen molar-refractivity contribution in [1.29, 1.82) is 0 Å². The van der Waals surface area contributed by atoms with Crippen LogP contribution in [0.1, 0.15) is 11.8 Å². The van der Waals surface area contributed by atoms with Crippen molar-refractivity contribution >= 4 is 27.3 Å². The van der Waals surface area contributed by atoms with E-state index in [1.165, 1.54) is 4.88 Å². The Kier molecular flexibility index (Phi) is 4.94. The SMILES string of the molecule is COCC(C)OCc1ccc(Br)s1. The second kappa shape index (κ2) is 5.75. The lowest BCUT2D eigenvalue weighted by Gasteiger charge is -2.10. The van der Waals surface area contributed by atoms with Crippen LogP contribution in [0.3, 0.4) is 0 Å². The molecule has 1 atom stereocenters. The monoisotopic (exact) mass is 264 g/mol. The van der Waals surface area contributed by atoms with Gasteiger partial charge in [-0.25, -0.2) is 0 Å². The molecule has 0 spiro atoms. The topological polar surface area (TPSA) is 18.5 Å². The van der Waals surface area contributed by atoms with E-state index in [2.05, 4.69) is 22.0 Å². The Balaban J connectivity index is 2.26. The van der Waals surface area contributed by atoms with E-state index in [9.17, 15) is 0 Å². The van der Waals surface area contributed by atoms with Gasteiger partial charge in [0.05, 0.1) is 23.1 Å². The van der Waals surface area contributed by atoms with Crippen molar-refractivity contribution in [2.75, 3.05) is 13.7 Å². The molecule has 0 saturated heterocycles. The first-order valence-corrected chi connectivity index (χ1v) is 5.68. The smallest absolute Gasteiger partial charge is 0.0814 e. The minimum Gasteiger partial charge on any atom is -0.382 e. The summed E-state index contributed by atoms with van der Waals surface area (Å²) in [6, 6.07) is 4.10. The third-order valence-electron chi connectivity index (χ3n) is 1.54. The Morgan fingerprint density at radius 3 is 2.85 bits per heavy atom. The molecular weight excluding hydrogens is 252 g/mol. The molecule has 0 aliphatic carbocycles. The fourth-order valence-corrected chi connectivity index (χ4v) is 2.34. The number of thiophene rings is 1. The van der Waals surface area contributed by atoms with Crippen molar-refractivity contribution in [3.8, 4) is 0 Å². The van der Waals surface area contributed by atoms with Gasteiger partial charge in [-0.1, -0.05) is 0 Å². The van der Waals surface area contributed by atoms with Crippen LogP contribution in [0, 0.1) is 0 Å². The maximum Gasteiger partial charge on any atom is 0.0814 e. The van der Waals surface area contributed by atoms with E-state index in [1.807, 2.05) is 13.0 Å². The molecule has 1 unspecified atom stereocenters. The Hall–Kier alpha value is 0.1000. The highest BCUT2D eigenvalue weighted by Crippen LogP contribution is 2.22. The fraction of sp³-hybridized carbons (Fsp3) is 0.556. The summed E-state index contributed by atoms with van der Waals surface area (Å²) in [5.74, 6) is 0. The van der Waals surface area contributed by atoms with Crippen LogP contribution in [0.5, 0.6) is 0 Å². The first-order valence-electron chi connectivity index (χ1n) is 4.07. The van der Waals surface area contributed by atoms with Gasteiger partial charge >= 0.3 is 0 Å². The predicted octanol–water partition coefficient (Wildman–Crippen LogP) is 3.06. The van der Waals surface area contributed by atoms with Crippen LogP contribution in [0.4, 0.5) is 0 Å². The quantitative estimate of drug-likeness (QED) is 0.814. The zero-order valence-corrected chi connectivity index (χ0v) is 10.2. The number of hydrogen-bond acceptors (Lipinski definition) is 3. The molecule has 1 aromatic rings. The van der Waals surface area contributed by atoms with Crippen LogP contribution in [0.15, 0.2) is 15.9 Å². The van der Waals surface area contributed by atoms with E-state index < -0.39 is 0 Å². The molecule has 0 aliphatic rings. The van der Waals surface area contributed by atoms with Crippen molar-refractivity contribution in [3.05, 3.63) is 20.8 Å². The Labute approximate surface area is 91.0 Å². The van der Waals surface area contributed by atoms with Gasteiger partial charge in [0, 0.05) is 12.0 Å². The Morgan fingerprint density at radius 1 is 1.54 bits per heavy atom. The van der Waals surface area contributed by atoms with Gasteiger partial charge in [-0.2, -0.15) is 0 Å². The highest BCUT2D eigenvalue weighted by atomic mass is 79.9. The molecule has 0 fully saturated rings. The average molecular weight is 265 g/mol. The first-order chi connectivity index (χ1) is 6.22. The van der Waals surface area contributed by atoms with Crippen LogP contribution in [-0.2, 0) is 16.1 Å². The normalized spacial score (nSPS) is 13.2. The standard InChI is InChI=1S/C9H13BrO2S/c1-7(5-11-2)12-6-8-3-4-9(10)13-8/h3-4,7H,5-6H2,1-2H3. The van der Waals surface area contributed by atoms with E-state index in [4.69, 9.17) is 9.47 Å². The summed E-state index contributed by atoms with van der Waals surface area (Å²) < 4.78 is 11.7. The third-order valence-corrected chi connectivity index (χ3v) is 3.14. The molecule has 4 heteroatoms. The summed E-state index contributed by atoms with van der Waals surface area (Å²) >= 11 is 5.11. The molecule has 13 heavy (non-hydrogen) atoms.